The van der Waals surface area contributed by atoms with E-state index in [4.69, 9.17) is 4.74 Å². The van der Waals surface area contributed by atoms with E-state index in [-0.39, 0.29) is 30.8 Å². The van der Waals surface area contributed by atoms with Gasteiger partial charge in [-0.05, 0) is 68.5 Å². The number of sulfonamides is 1. The van der Waals surface area contributed by atoms with E-state index in [1.54, 1.807) is 36.3 Å². The van der Waals surface area contributed by atoms with Crippen molar-refractivity contribution in [2.45, 2.75) is 72.0 Å². The first kappa shape index (κ1) is 30.2. The van der Waals surface area contributed by atoms with Gasteiger partial charge in [-0.2, -0.15) is 0 Å². The van der Waals surface area contributed by atoms with E-state index >= 15 is 0 Å². The summed E-state index contributed by atoms with van der Waals surface area (Å²) in [5.74, 6) is 0.271. The number of benzene rings is 2. The summed E-state index contributed by atoms with van der Waals surface area (Å²) in [7, 11) is -2.01. The molecule has 0 bridgehead atoms. The lowest BCUT2D eigenvalue weighted by Gasteiger charge is -2.32. The Bertz CT molecular complexity index is 1130. The fourth-order valence-corrected chi connectivity index (χ4v) is 5.05. The molecule has 204 valence electrons. The smallest absolute Gasteiger partial charge is 0.243 e. The van der Waals surface area contributed by atoms with Gasteiger partial charge in [0.2, 0.25) is 21.8 Å². The molecule has 1 N–H and O–H groups in total. The van der Waals surface area contributed by atoms with Crippen molar-refractivity contribution in [2.75, 3.05) is 24.2 Å². The summed E-state index contributed by atoms with van der Waals surface area (Å²) >= 11 is 0. The van der Waals surface area contributed by atoms with E-state index < -0.39 is 16.1 Å². The van der Waals surface area contributed by atoms with Crippen LogP contribution in [0.1, 0.15) is 57.6 Å². The predicted molar refractivity (Wildman–Crippen MR) is 148 cm³/mol. The van der Waals surface area contributed by atoms with Crippen LogP contribution in [-0.2, 0) is 26.2 Å². The fourth-order valence-electron chi connectivity index (χ4n) is 4.08. The van der Waals surface area contributed by atoms with Crippen LogP contribution in [0.2, 0.25) is 0 Å². The maximum absolute atomic E-state index is 13.5. The van der Waals surface area contributed by atoms with Crippen molar-refractivity contribution in [1.82, 2.24) is 10.2 Å². The molecular formula is C28H41N3O5S. The number of hydrogen-bond acceptors (Lipinski definition) is 5. The Balaban J connectivity index is 2.23. The molecule has 0 heterocycles. The normalized spacial score (nSPS) is 12.9. The Labute approximate surface area is 222 Å². The van der Waals surface area contributed by atoms with Crippen LogP contribution in [0, 0.1) is 6.92 Å². The summed E-state index contributed by atoms with van der Waals surface area (Å²) < 4.78 is 31.4. The lowest BCUT2D eigenvalue weighted by atomic mass is 10.0. The van der Waals surface area contributed by atoms with E-state index in [2.05, 4.69) is 5.32 Å². The molecule has 0 unspecified atom stereocenters. The first-order valence-corrected chi connectivity index (χ1v) is 14.6. The van der Waals surface area contributed by atoms with Crippen molar-refractivity contribution >= 4 is 27.5 Å². The summed E-state index contributed by atoms with van der Waals surface area (Å²) in [6.45, 7) is 8.28. The average molecular weight is 532 g/mol. The third-order valence-electron chi connectivity index (χ3n) is 6.50. The van der Waals surface area contributed by atoms with Crippen molar-refractivity contribution in [3.63, 3.8) is 0 Å². The minimum absolute atomic E-state index is 0.00443. The van der Waals surface area contributed by atoms with Crippen LogP contribution < -0.4 is 14.4 Å². The third-order valence-corrected chi connectivity index (χ3v) is 7.70. The van der Waals surface area contributed by atoms with Gasteiger partial charge in [0.1, 0.15) is 11.8 Å². The minimum Gasteiger partial charge on any atom is -0.497 e. The van der Waals surface area contributed by atoms with Gasteiger partial charge in [0.15, 0.2) is 0 Å². The summed E-state index contributed by atoms with van der Waals surface area (Å²) in [4.78, 5) is 28.3. The van der Waals surface area contributed by atoms with E-state index in [0.717, 1.165) is 23.8 Å². The summed E-state index contributed by atoms with van der Waals surface area (Å²) in [6, 6.07) is 14.0. The van der Waals surface area contributed by atoms with Gasteiger partial charge in [0.05, 0.1) is 19.1 Å². The first-order chi connectivity index (χ1) is 17.5. The van der Waals surface area contributed by atoms with E-state index in [9.17, 15) is 18.0 Å². The van der Waals surface area contributed by atoms with Crippen molar-refractivity contribution in [3.8, 4) is 5.75 Å². The van der Waals surface area contributed by atoms with Gasteiger partial charge in [-0.1, -0.05) is 38.1 Å². The number of nitrogens with one attached hydrogen (secondary N) is 1. The second kappa shape index (κ2) is 14.0. The second-order valence-electron chi connectivity index (χ2n) is 9.33. The van der Waals surface area contributed by atoms with Crippen molar-refractivity contribution in [3.05, 3.63) is 59.7 Å². The van der Waals surface area contributed by atoms with Gasteiger partial charge in [0.25, 0.3) is 0 Å². The van der Waals surface area contributed by atoms with Crippen LogP contribution in [0.5, 0.6) is 5.75 Å². The molecular weight excluding hydrogens is 490 g/mol. The van der Waals surface area contributed by atoms with Gasteiger partial charge in [-0.25, -0.2) is 8.42 Å². The molecule has 0 aliphatic rings. The predicted octanol–water partition coefficient (Wildman–Crippen LogP) is 4.27. The molecule has 0 aromatic heterocycles. The molecule has 2 amide bonds. The zero-order chi connectivity index (χ0) is 27.6. The van der Waals surface area contributed by atoms with Crippen LogP contribution >= 0.6 is 0 Å². The first-order valence-electron chi connectivity index (χ1n) is 12.8. The molecule has 0 aliphatic carbocycles. The molecule has 0 spiro atoms. The molecule has 0 saturated heterocycles. The fraction of sp³-hybridized carbons (Fsp3) is 0.500. The lowest BCUT2D eigenvalue weighted by Crippen LogP contribution is -2.50. The maximum Gasteiger partial charge on any atom is 0.243 e. The van der Waals surface area contributed by atoms with Crippen LogP contribution in [0.4, 0.5) is 5.69 Å². The highest BCUT2D eigenvalue weighted by atomic mass is 32.2. The summed E-state index contributed by atoms with van der Waals surface area (Å²) in [5, 5.41) is 3.01. The Morgan fingerprint density at radius 1 is 1.03 bits per heavy atom. The highest BCUT2D eigenvalue weighted by molar-refractivity contribution is 7.92. The molecule has 2 aromatic carbocycles. The number of amides is 2. The molecule has 2 atom stereocenters. The van der Waals surface area contributed by atoms with Crippen LogP contribution in [0.15, 0.2) is 48.5 Å². The molecule has 9 heteroatoms. The highest BCUT2D eigenvalue weighted by Crippen LogP contribution is 2.23. The number of anilines is 1. The van der Waals surface area contributed by atoms with Gasteiger partial charge in [0, 0.05) is 25.6 Å². The molecule has 37 heavy (non-hydrogen) atoms. The van der Waals surface area contributed by atoms with Crippen molar-refractivity contribution in [1.29, 1.82) is 0 Å². The van der Waals surface area contributed by atoms with Crippen LogP contribution in [0.25, 0.3) is 0 Å². The van der Waals surface area contributed by atoms with Crippen molar-refractivity contribution in [2.24, 2.45) is 0 Å². The quantitative estimate of drug-likeness (QED) is 0.393. The van der Waals surface area contributed by atoms with E-state index in [1.165, 1.54) is 4.31 Å². The molecule has 0 aliphatic heterocycles. The monoisotopic (exact) mass is 531 g/mol. The molecule has 2 rings (SSSR count). The molecule has 0 radical (unpaired) electrons. The number of rotatable bonds is 14. The Morgan fingerprint density at radius 2 is 1.68 bits per heavy atom. The molecule has 0 saturated carbocycles. The summed E-state index contributed by atoms with van der Waals surface area (Å²) in [6.07, 6.45) is 2.84. The lowest BCUT2D eigenvalue weighted by molar-refractivity contribution is -0.141. The number of aryl methyl sites for hydroxylation is 1. The Kier molecular flexibility index (Phi) is 11.4. The standard InChI is InChI=1S/C28H41N3O5S/c1-7-22(4)29-28(33)26(8-2)30(20-23-13-10-9-12-21(23)3)27(32)14-11-19-31(37(6,34)35)24-15-17-25(36-5)18-16-24/h9-10,12-13,15-18,22,26H,7-8,11,14,19-20H2,1-6H3,(H,29,33)/t22-,26-/m0/s1. The van der Waals surface area contributed by atoms with Crippen LogP contribution in [0.3, 0.4) is 0 Å². The van der Waals surface area contributed by atoms with Gasteiger partial charge in [-0.3, -0.25) is 13.9 Å². The average Bonchev–Trinajstić information content (AvgIpc) is 2.86. The highest BCUT2D eigenvalue weighted by Gasteiger charge is 2.29. The number of carbonyl (C=O) groups is 2. The number of nitrogens with zero attached hydrogens (tertiary/aromatic N) is 2. The number of carbonyl (C=O) groups excluding carboxylic acids is 2. The van der Waals surface area contributed by atoms with Gasteiger partial charge in [-0.15, -0.1) is 0 Å². The Morgan fingerprint density at radius 3 is 2.22 bits per heavy atom. The largest absolute Gasteiger partial charge is 0.497 e. The number of hydrogen-bond donors (Lipinski definition) is 1. The van der Waals surface area contributed by atoms with Crippen molar-refractivity contribution < 1.29 is 22.7 Å². The molecule has 8 nitrogen and oxygen atoms in total. The zero-order valence-electron chi connectivity index (χ0n) is 22.9. The zero-order valence-corrected chi connectivity index (χ0v) is 23.7. The number of methoxy groups -OCH3 is 1. The molecule has 2 aromatic rings. The minimum atomic E-state index is -3.56. The number of ether oxygens (including phenoxy) is 1. The topological polar surface area (TPSA) is 96.0 Å². The summed E-state index contributed by atoms with van der Waals surface area (Å²) in [5.41, 5.74) is 2.52. The van der Waals surface area contributed by atoms with Gasteiger partial charge < -0.3 is 15.0 Å². The third kappa shape index (κ3) is 8.77. The van der Waals surface area contributed by atoms with E-state index in [1.807, 2.05) is 52.0 Å². The SMILES string of the molecule is CC[C@H](C)NC(=O)[C@H](CC)N(Cc1ccccc1C)C(=O)CCCN(c1ccc(OC)cc1)S(C)(=O)=O. The van der Waals surface area contributed by atoms with Gasteiger partial charge >= 0.3 is 0 Å². The second-order valence-corrected chi connectivity index (χ2v) is 11.2. The molecule has 0 fully saturated rings. The maximum atomic E-state index is 13.5. The Hall–Kier alpha value is -3.07. The van der Waals surface area contributed by atoms with Crippen LogP contribution in [-0.4, -0.2) is 57.1 Å². The van der Waals surface area contributed by atoms with E-state index in [0.29, 0.717) is 30.8 Å².